The molecule has 1 N–H and O–H groups in total. The van der Waals surface area contributed by atoms with Gasteiger partial charge in [0, 0.05) is 31.2 Å². The average molecular weight is 371 g/mol. The number of nitrogens with zero attached hydrogens (tertiary/aromatic N) is 2. The number of thiazole rings is 1. The summed E-state index contributed by atoms with van der Waals surface area (Å²) in [5, 5.41) is 8.03. The second-order valence-corrected chi connectivity index (χ2v) is 7.80. The molecule has 3 aromatic rings. The Morgan fingerprint density at radius 3 is 3.04 bits per heavy atom. The second kappa shape index (κ2) is 7.55. The van der Waals surface area contributed by atoms with E-state index < -0.39 is 0 Å². The van der Waals surface area contributed by atoms with Crippen LogP contribution in [0.4, 0.5) is 0 Å². The van der Waals surface area contributed by atoms with Gasteiger partial charge in [-0.2, -0.15) is 0 Å². The zero-order chi connectivity index (χ0) is 17.9. The first-order valence-corrected chi connectivity index (χ1v) is 9.63. The van der Waals surface area contributed by atoms with E-state index in [1.807, 2.05) is 31.2 Å². The molecule has 6 nitrogen and oxygen atoms in total. The number of aryl methyl sites for hydroxylation is 2. The Kier molecular flexibility index (Phi) is 4.99. The predicted molar refractivity (Wildman–Crippen MR) is 99.1 cm³/mol. The number of amides is 1. The third-order valence-electron chi connectivity index (χ3n) is 4.59. The fraction of sp³-hybridized carbons (Fsp3) is 0.421. The van der Waals surface area contributed by atoms with E-state index >= 15 is 0 Å². The maximum Gasteiger partial charge on any atom is 0.220 e. The van der Waals surface area contributed by atoms with Crippen LogP contribution >= 0.6 is 11.3 Å². The first-order chi connectivity index (χ1) is 12.7. The molecule has 4 rings (SSSR count). The molecular formula is C19H21N3O3S. The highest BCUT2D eigenvalue weighted by Gasteiger charge is 2.30. The van der Waals surface area contributed by atoms with E-state index in [2.05, 4.69) is 21.5 Å². The van der Waals surface area contributed by atoms with Crippen LogP contribution in [0.15, 0.2) is 34.9 Å². The molecule has 3 heterocycles. The van der Waals surface area contributed by atoms with Gasteiger partial charge in [-0.05, 0) is 19.1 Å². The van der Waals surface area contributed by atoms with Gasteiger partial charge >= 0.3 is 0 Å². The number of carbonyl (C=O) groups is 1. The van der Waals surface area contributed by atoms with Crippen LogP contribution in [0, 0.1) is 12.8 Å². The summed E-state index contributed by atoms with van der Waals surface area (Å²) in [5.74, 6) is 1.10. The first kappa shape index (κ1) is 17.2. The Labute approximate surface area is 155 Å². The van der Waals surface area contributed by atoms with E-state index in [0.717, 1.165) is 33.1 Å². The zero-order valence-corrected chi connectivity index (χ0v) is 15.4. The average Bonchev–Trinajstić information content (AvgIpc) is 3.34. The molecule has 0 radical (unpaired) electrons. The third-order valence-corrected chi connectivity index (χ3v) is 5.69. The lowest BCUT2D eigenvalue weighted by atomic mass is 9.98. The van der Waals surface area contributed by atoms with Crippen molar-refractivity contribution in [3.8, 4) is 0 Å². The van der Waals surface area contributed by atoms with E-state index in [0.29, 0.717) is 26.1 Å². The van der Waals surface area contributed by atoms with Gasteiger partial charge in [0.25, 0.3) is 0 Å². The summed E-state index contributed by atoms with van der Waals surface area (Å²) in [6.07, 6.45) is 1.82. The SMILES string of the molecule is Cc1cc(CC2COCC2NC(=O)CCc2nc3ccccc3s2)on1. The molecule has 0 aliphatic carbocycles. The zero-order valence-electron chi connectivity index (χ0n) is 14.6. The maximum absolute atomic E-state index is 12.4. The van der Waals surface area contributed by atoms with Gasteiger partial charge in [0.15, 0.2) is 0 Å². The van der Waals surface area contributed by atoms with Gasteiger partial charge in [0.05, 0.1) is 40.2 Å². The Morgan fingerprint density at radius 2 is 2.23 bits per heavy atom. The molecule has 136 valence electrons. The highest BCUT2D eigenvalue weighted by atomic mass is 32.1. The molecule has 0 bridgehead atoms. The van der Waals surface area contributed by atoms with E-state index in [-0.39, 0.29) is 17.9 Å². The van der Waals surface area contributed by atoms with E-state index in [4.69, 9.17) is 9.26 Å². The van der Waals surface area contributed by atoms with Crippen molar-refractivity contribution in [2.75, 3.05) is 13.2 Å². The summed E-state index contributed by atoms with van der Waals surface area (Å²) < 4.78 is 12.0. The number of aromatic nitrogens is 2. The number of hydrogen-bond acceptors (Lipinski definition) is 6. The van der Waals surface area contributed by atoms with Crippen molar-refractivity contribution in [1.29, 1.82) is 0 Å². The fourth-order valence-corrected chi connectivity index (χ4v) is 4.22. The molecule has 1 amide bonds. The Morgan fingerprint density at radius 1 is 1.35 bits per heavy atom. The van der Waals surface area contributed by atoms with Gasteiger partial charge in [-0.25, -0.2) is 4.98 Å². The number of para-hydroxylation sites is 1. The van der Waals surface area contributed by atoms with Crippen molar-refractivity contribution < 1.29 is 14.1 Å². The summed E-state index contributed by atoms with van der Waals surface area (Å²) >= 11 is 1.65. The third kappa shape index (κ3) is 3.94. The lowest BCUT2D eigenvalue weighted by Gasteiger charge is -2.17. The molecule has 1 saturated heterocycles. The number of carbonyl (C=O) groups excluding carboxylic acids is 1. The summed E-state index contributed by atoms with van der Waals surface area (Å²) in [4.78, 5) is 16.9. The Bertz CT molecular complexity index is 871. The predicted octanol–water partition coefficient (Wildman–Crippen LogP) is 2.90. The van der Waals surface area contributed by atoms with Gasteiger partial charge < -0.3 is 14.6 Å². The maximum atomic E-state index is 12.4. The summed E-state index contributed by atoms with van der Waals surface area (Å²) in [6, 6.07) is 10.00. The van der Waals surface area contributed by atoms with Crippen LogP contribution in [0.25, 0.3) is 10.2 Å². The molecular weight excluding hydrogens is 350 g/mol. The molecule has 1 aromatic carbocycles. The Balaban J connectivity index is 1.30. The second-order valence-electron chi connectivity index (χ2n) is 6.69. The standard InChI is InChI=1S/C19H21N3O3S/c1-12-8-14(25-22-12)9-13-10-24-11-16(13)20-18(23)6-7-19-21-15-4-2-3-5-17(15)26-19/h2-5,8,13,16H,6-7,9-11H2,1H3,(H,20,23). The minimum atomic E-state index is 0.0169. The number of fused-ring (bicyclic) bond motifs is 1. The van der Waals surface area contributed by atoms with E-state index in [1.54, 1.807) is 11.3 Å². The minimum Gasteiger partial charge on any atom is -0.379 e. The van der Waals surface area contributed by atoms with Crippen LogP contribution in [0.5, 0.6) is 0 Å². The van der Waals surface area contributed by atoms with Crippen LogP contribution < -0.4 is 5.32 Å². The molecule has 2 unspecified atom stereocenters. The number of benzene rings is 1. The van der Waals surface area contributed by atoms with E-state index in [1.165, 1.54) is 0 Å². The van der Waals surface area contributed by atoms with Crippen molar-refractivity contribution in [2.45, 2.75) is 32.2 Å². The lowest BCUT2D eigenvalue weighted by Crippen LogP contribution is -2.40. The van der Waals surface area contributed by atoms with Crippen LogP contribution in [-0.4, -0.2) is 35.3 Å². The van der Waals surface area contributed by atoms with Crippen molar-refractivity contribution in [3.63, 3.8) is 0 Å². The van der Waals surface area contributed by atoms with Crippen molar-refractivity contribution >= 4 is 27.5 Å². The topological polar surface area (TPSA) is 77.2 Å². The van der Waals surface area contributed by atoms with Crippen molar-refractivity contribution in [1.82, 2.24) is 15.5 Å². The molecule has 0 saturated carbocycles. The molecule has 1 aliphatic heterocycles. The fourth-order valence-electron chi connectivity index (χ4n) is 3.26. The molecule has 26 heavy (non-hydrogen) atoms. The van der Waals surface area contributed by atoms with Gasteiger partial charge in [0.2, 0.25) is 5.91 Å². The summed E-state index contributed by atoms with van der Waals surface area (Å²) in [5.41, 5.74) is 1.87. The van der Waals surface area contributed by atoms with Crippen molar-refractivity contribution in [2.24, 2.45) is 5.92 Å². The number of rotatable bonds is 6. The first-order valence-electron chi connectivity index (χ1n) is 8.81. The monoisotopic (exact) mass is 371 g/mol. The summed E-state index contributed by atoms with van der Waals surface area (Å²) in [7, 11) is 0. The highest BCUT2D eigenvalue weighted by molar-refractivity contribution is 7.18. The van der Waals surface area contributed by atoms with Gasteiger partial charge in [-0.15, -0.1) is 11.3 Å². The molecule has 1 fully saturated rings. The number of ether oxygens (including phenoxy) is 1. The van der Waals surface area contributed by atoms with Crippen LogP contribution in [-0.2, 0) is 22.4 Å². The normalized spacial score (nSPS) is 19.9. The van der Waals surface area contributed by atoms with Crippen LogP contribution in [0.3, 0.4) is 0 Å². The molecule has 0 spiro atoms. The van der Waals surface area contributed by atoms with Crippen LogP contribution in [0.1, 0.15) is 22.9 Å². The quantitative estimate of drug-likeness (QED) is 0.721. The van der Waals surface area contributed by atoms with Gasteiger partial charge in [0.1, 0.15) is 5.76 Å². The van der Waals surface area contributed by atoms with Gasteiger partial charge in [-0.1, -0.05) is 17.3 Å². The smallest absolute Gasteiger partial charge is 0.220 e. The lowest BCUT2D eigenvalue weighted by molar-refractivity contribution is -0.122. The molecule has 1 aliphatic rings. The van der Waals surface area contributed by atoms with E-state index in [9.17, 15) is 4.79 Å². The summed E-state index contributed by atoms with van der Waals surface area (Å²) in [6.45, 7) is 3.08. The Hall–Kier alpha value is -2.25. The molecule has 2 aromatic heterocycles. The van der Waals surface area contributed by atoms with Crippen molar-refractivity contribution in [3.05, 3.63) is 46.8 Å². The van der Waals surface area contributed by atoms with Gasteiger partial charge in [-0.3, -0.25) is 4.79 Å². The van der Waals surface area contributed by atoms with Crippen LogP contribution in [0.2, 0.25) is 0 Å². The number of nitrogens with one attached hydrogen (secondary N) is 1. The molecule has 7 heteroatoms. The highest BCUT2D eigenvalue weighted by Crippen LogP contribution is 2.23. The molecule has 2 atom stereocenters. The number of hydrogen-bond donors (Lipinski definition) is 1. The minimum absolute atomic E-state index is 0.0169. The largest absolute Gasteiger partial charge is 0.379 e.